The maximum absolute atomic E-state index is 7.45. The minimum Gasteiger partial charge on any atom is -0.398 e. The van der Waals surface area contributed by atoms with Gasteiger partial charge in [-0.2, -0.15) is 0 Å². The lowest BCUT2D eigenvalue weighted by Crippen LogP contribution is -2.27. The number of nitrogens with one attached hydrogen (secondary N) is 2. The van der Waals surface area contributed by atoms with Crippen LogP contribution in [-0.2, 0) is 0 Å². The number of benzene rings is 1. The summed E-state index contributed by atoms with van der Waals surface area (Å²) in [5.74, 6) is 0.471. The van der Waals surface area contributed by atoms with Crippen molar-refractivity contribution in [1.29, 1.82) is 5.41 Å². The summed E-state index contributed by atoms with van der Waals surface area (Å²) in [5.41, 5.74) is 8.45. The van der Waals surface area contributed by atoms with Gasteiger partial charge in [-0.25, -0.2) is 0 Å². The van der Waals surface area contributed by atoms with E-state index < -0.39 is 0 Å². The van der Waals surface area contributed by atoms with E-state index in [9.17, 15) is 0 Å². The first-order valence-electron chi connectivity index (χ1n) is 5.52. The van der Waals surface area contributed by atoms with E-state index in [0.717, 1.165) is 37.1 Å². The van der Waals surface area contributed by atoms with Gasteiger partial charge in [0.1, 0.15) is 0 Å². The fourth-order valence-electron chi connectivity index (χ4n) is 2.30. The molecule has 16 heavy (non-hydrogen) atoms. The second-order valence-corrected chi connectivity index (χ2v) is 4.60. The van der Waals surface area contributed by atoms with Crippen molar-refractivity contribution in [1.82, 2.24) is 5.32 Å². The second-order valence-electron chi connectivity index (χ2n) is 4.17. The Morgan fingerprint density at radius 1 is 1.38 bits per heavy atom. The number of nitrogen functional groups attached to an aromatic ring is 1. The van der Waals surface area contributed by atoms with E-state index in [2.05, 4.69) is 5.32 Å². The Morgan fingerprint density at radius 3 is 2.69 bits per heavy atom. The number of piperidine rings is 1. The summed E-state index contributed by atoms with van der Waals surface area (Å²) in [6.07, 6.45) is 3.50. The van der Waals surface area contributed by atoms with Crippen LogP contribution in [0.2, 0.25) is 5.02 Å². The number of anilines is 1. The number of halogens is 1. The van der Waals surface area contributed by atoms with Gasteiger partial charge in [0, 0.05) is 22.5 Å². The first-order chi connectivity index (χ1) is 7.72. The first kappa shape index (κ1) is 11.4. The molecule has 0 atom stereocenters. The Labute approximate surface area is 100 Å². The van der Waals surface area contributed by atoms with Crippen molar-refractivity contribution in [3.8, 4) is 0 Å². The molecule has 1 fully saturated rings. The molecule has 0 bridgehead atoms. The lowest BCUT2D eigenvalue weighted by atomic mass is 9.87. The van der Waals surface area contributed by atoms with Gasteiger partial charge in [0.15, 0.2) is 0 Å². The van der Waals surface area contributed by atoms with Crippen molar-refractivity contribution in [2.75, 3.05) is 18.8 Å². The molecule has 1 aromatic carbocycles. The molecule has 86 valence electrons. The van der Waals surface area contributed by atoms with Gasteiger partial charge >= 0.3 is 0 Å². The fraction of sp³-hybridized carbons (Fsp3) is 0.417. The zero-order chi connectivity index (χ0) is 11.5. The van der Waals surface area contributed by atoms with E-state index in [1.807, 2.05) is 6.07 Å². The molecule has 1 aliphatic rings. The molecular formula is C12H16ClN3. The summed E-state index contributed by atoms with van der Waals surface area (Å²) in [5, 5.41) is 11.4. The first-order valence-corrected chi connectivity index (χ1v) is 5.90. The van der Waals surface area contributed by atoms with Gasteiger partial charge in [-0.15, -0.1) is 0 Å². The summed E-state index contributed by atoms with van der Waals surface area (Å²) in [6.45, 7) is 2.04. The Morgan fingerprint density at radius 2 is 2.06 bits per heavy atom. The number of rotatable bonds is 2. The van der Waals surface area contributed by atoms with Gasteiger partial charge in [-0.1, -0.05) is 11.6 Å². The van der Waals surface area contributed by atoms with Gasteiger partial charge in [-0.05, 0) is 49.5 Å². The van der Waals surface area contributed by atoms with Gasteiger partial charge in [0.2, 0.25) is 0 Å². The highest BCUT2D eigenvalue weighted by atomic mass is 35.5. The van der Waals surface area contributed by atoms with E-state index >= 15 is 0 Å². The highest BCUT2D eigenvalue weighted by molar-refractivity contribution is 6.31. The molecule has 0 radical (unpaired) electrons. The Bertz CT molecular complexity index is 397. The molecule has 0 spiro atoms. The van der Waals surface area contributed by atoms with Crippen molar-refractivity contribution >= 4 is 23.5 Å². The predicted molar refractivity (Wildman–Crippen MR) is 68.6 cm³/mol. The van der Waals surface area contributed by atoms with Crippen molar-refractivity contribution in [3.63, 3.8) is 0 Å². The summed E-state index contributed by atoms with van der Waals surface area (Å²) in [7, 11) is 0. The van der Waals surface area contributed by atoms with Crippen molar-refractivity contribution in [2.45, 2.75) is 18.8 Å². The van der Waals surface area contributed by atoms with Crippen molar-refractivity contribution in [3.05, 3.63) is 28.3 Å². The Balaban J connectivity index is 2.40. The van der Waals surface area contributed by atoms with Crippen LogP contribution in [0.25, 0.3) is 0 Å². The topological polar surface area (TPSA) is 61.9 Å². The lowest BCUT2D eigenvalue weighted by Gasteiger charge is -2.25. The largest absolute Gasteiger partial charge is 0.398 e. The molecule has 1 heterocycles. The fourth-order valence-corrected chi connectivity index (χ4v) is 2.53. The molecule has 0 aliphatic carbocycles. The normalized spacial score (nSPS) is 17.3. The third-order valence-electron chi connectivity index (χ3n) is 3.13. The molecule has 1 aliphatic heterocycles. The molecular weight excluding hydrogens is 222 g/mol. The molecule has 0 amide bonds. The molecule has 4 heteroatoms. The molecule has 1 saturated heterocycles. The van der Waals surface area contributed by atoms with Crippen molar-refractivity contribution < 1.29 is 0 Å². The minimum atomic E-state index is 0.471. The molecule has 0 aromatic heterocycles. The van der Waals surface area contributed by atoms with E-state index in [1.54, 1.807) is 6.07 Å². The average Bonchev–Trinajstić information content (AvgIpc) is 2.29. The smallest absolute Gasteiger partial charge is 0.0429 e. The quantitative estimate of drug-likeness (QED) is 0.546. The van der Waals surface area contributed by atoms with Gasteiger partial charge < -0.3 is 16.5 Å². The highest BCUT2D eigenvalue weighted by Gasteiger charge is 2.19. The third-order valence-corrected chi connectivity index (χ3v) is 3.35. The number of hydrogen-bond donors (Lipinski definition) is 3. The predicted octanol–water partition coefficient (Wildman–Crippen LogP) is 2.39. The molecule has 1 aromatic rings. The van der Waals surface area contributed by atoms with Crippen LogP contribution in [0.1, 0.15) is 29.9 Å². The summed E-state index contributed by atoms with van der Waals surface area (Å²) < 4.78 is 0. The summed E-state index contributed by atoms with van der Waals surface area (Å²) >= 11 is 6.03. The summed E-state index contributed by atoms with van der Waals surface area (Å²) in [4.78, 5) is 0. The van der Waals surface area contributed by atoms with E-state index in [-0.39, 0.29) is 0 Å². The third kappa shape index (κ3) is 2.20. The monoisotopic (exact) mass is 237 g/mol. The van der Waals surface area contributed by atoms with Gasteiger partial charge in [0.25, 0.3) is 0 Å². The minimum absolute atomic E-state index is 0.471. The SMILES string of the molecule is N=Cc1c(N)cc(Cl)cc1C1CCNCC1. The highest BCUT2D eigenvalue weighted by Crippen LogP contribution is 2.32. The van der Waals surface area contributed by atoms with E-state index in [1.165, 1.54) is 6.21 Å². The zero-order valence-corrected chi connectivity index (χ0v) is 9.85. The van der Waals surface area contributed by atoms with Crippen LogP contribution in [-0.4, -0.2) is 19.3 Å². The molecule has 0 saturated carbocycles. The Hall–Kier alpha value is -1.06. The van der Waals surface area contributed by atoms with Crippen LogP contribution in [0.15, 0.2) is 12.1 Å². The van der Waals surface area contributed by atoms with E-state index in [4.69, 9.17) is 22.7 Å². The zero-order valence-electron chi connectivity index (χ0n) is 9.09. The lowest BCUT2D eigenvalue weighted by molar-refractivity contribution is 0.460. The molecule has 3 nitrogen and oxygen atoms in total. The van der Waals surface area contributed by atoms with Crippen LogP contribution in [0, 0.1) is 5.41 Å². The van der Waals surface area contributed by atoms with E-state index in [0.29, 0.717) is 16.6 Å². The second kappa shape index (κ2) is 4.85. The average molecular weight is 238 g/mol. The van der Waals surface area contributed by atoms with Crippen LogP contribution in [0.3, 0.4) is 0 Å². The molecule has 0 unspecified atom stereocenters. The Kier molecular flexibility index (Phi) is 3.46. The van der Waals surface area contributed by atoms with Crippen LogP contribution < -0.4 is 11.1 Å². The van der Waals surface area contributed by atoms with Gasteiger partial charge in [0.05, 0.1) is 0 Å². The maximum Gasteiger partial charge on any atom is 0.0429 e. The standard InChI is InChI=1S/C12H16ClN3/c13-9-5-10(8-1-3-16-4-2-8)11(7-14)12(15)6-9/h5-8,14,16H,1-4,15H2. The molecule has 2 rings (SSSR count). The van der Waals surface area contributed by atoms with Crippen LogP contribution in [0.4, 0.5) is 5.69 Å². The van der Waals surface area contributed by atoms with Crippen LogP contribution in [0.5, 0.6) is 0 Å². The summed E-state index contributed by atoms with van der Waals surface area (Å²) in [6, 6.07) is 3.67. The number of nitrogens with two attached hydrogens (primary N) is 1. The number of hydrogen-bond acceptors (Lipinski definition) is 3. The van der Waals surface area contributed by atoms with Gasteiger partial charge in [-0.3, -0.25) is 0 Å². The molecule has 4 N–H and O–H groups in total. The van der Waals surface area contributed by atoms with Crippen molar-refractivity contribution in [2.24, 2.45) is 0 Å². The van der Waals surface area contributed by atoms with Crippen LogP contribution >= 0.6 is 11.6 Å². The maximum atomic E-state index is 7.45.